The molecule has 0 unspecified atom stereocenters. The van der Waals surface area contributed by atoms with Crippen molar-refractivity contribution in [1.82, 2.24) is 4.98 Å². The van der Waals surface area contributed by atoms with Crippen LogP contribution in [0.1, 0.15) is 5.56 Å². The molecule has 0 saturated heterocycles. The summed E-state index contributed by atoms with van der Waals surface area (Å²) in [5, 5.41) is 0.735. The van der Waals surface area contributed by atoms with E-state index < -0.39 is 11.7 Å². The van der Waals surface area contributed by atoms with Crippen LogP contribution in [-0.2, 0) is 10.9 Å². The highest BCUT2D eigenvalue weighted by molar-refractivity contribution is 9.09. The van der Waals surface area contributed by atoms with Gasteiger partial charge in [0.25, 0.3) is 0 Å². The summed E-state index contributed by atoms with van der Waals surface area (Å²) in [4.78, 5) is 5.54. The predicted octanol–water partition coefficient (Wildman–Crippen LogP) is 2.95. The maximum Gasteiger partial charge on any atom is 0.416 e. The number of ether oxygens (including phenoxy) is 1. The van der Waals surface area contributed by atoms with Gasteiger partial charge in [0.05, 0.1) is 18.8 Å². The van der Waals surface area contributed by atoms with E-state index in [1.54, 1.807) is 11.9 Å². The normalized spacial score (nSPS) is 11.6. The Morgan fingerprint density at radius 1 is 1.39 bits per heavy atom. The monoisotopic (exact) mass is 326 g/mol. The Hall–Kier alpha value is -0.820. The first kappa shape index (κ1) is 15.2. The number of halogens is 4. The van der Waals surface area contributed by atoms with Gasteiger partial charge in [-0.1, -0.05) is 15.9 Å². The van der Waals surface area contributed by atoms with E-state index in [1.165, 1.54) is 0 Å². The highest BCUT2D eigenvalue weighted by atomic mass is 79.9. The van der Waals surface area contributed by atoms with Gasteiger partial charge in [0.15, 0.2) is 0 Å². The third kappa shape index (κ3) is 4.81. The van der Waals surface area contributed by atoms with Crippen LogP contribution in [0.5, 0.6) is 0 Å². The highest BCUT2D eigenvalue weighted by Crippen LogP contribution is 2.30. The van der Waals surface area contributed by atoms with Gasteiger partial charge < -0.3 is 9.64 Å². The highest BCUT2D eigenvalue weighted by Gasteiger charge is 2.30. The fourth-order valence-corrected chi connectivity index (χ4v) is 1.51. The third-order valence-corrected chi connectivity index (χ3v) is 2.58. The first-order chi connectivity index (χ1) is 8.45. The van der Waals surface area contributed by atoms with E-state index >= 15 is 0 Å². The van der Waals surface area contributed by atoms with E-state index in [0.717, 1.165) is 23.7 Å². The molecule has 0 saturated carbocycles. The van der Waals surface area contributed by atoms with E-state index in [1.807, 2.05) is 0 Å². The first-order valence-electron chi connectivity index (χ1n) is 5.33. The lowest BCUT2D eigenvalue weighted by Gasteiger charge is -2.19. The smallest absolute Gasteiger partial charge is 0.379 e. The third-order valence-electron chi connectivity index (χ3n) is 2.26. The van der Waals surface area contributed by atoms with Crippen LogP contribution in [0.3, 0.4) is 0 Å². The number of rotatable bonds is 6. The molecule has 0 aliphatic heterocycles. The molecule has 0 N–H and O–H groups in total. The van der Waals surface area contributed by atoms with E-state index in [2.05, 4.69) is 20.9 Å². The van der Waals surface area contributed by atoms with Crippen LogP contribution >= 0.6 is 15.9 Å². The fourth-order valence-electron chi connectivity index (χ4n) is 1.28. The lowest BCUT2D eigenvalue weighted by molar-refractivity contribution is -0.137. The average molecular weight is 327 g/mol. The Morgan fingerprint density at radius 3 is 2.72 bits per heavy atom. The quantitative estimate of drug-likeness (QED) is 0.593. The molecule has 0 aliphatic carbocycles. The Bertz CT molecular complexity index is 374. The maximum atomic E-state index is 12.5. The molecular formula is C11H14BrF3N2O. The van der Waals surface area contributed by atoms with Gasteiger partial charge in [-0.3, -0.25) is 0 Å². The number of hydrogen-bond donors (Lipinski definition) is 0. The molecule has 0 fully saturated rings. The van der Waals surface area contributed by atoms with Crippen LogP contribution in [0.2, 0.25) is 0 Å². The second-order valence-electron chi connectivity index (χ2n) is 3.62. The number of likely N-dealkylation sites (N-methyl/N-ethyl adjacent to an activating group) is 1. The largest absolute Gasteiger partial charge is 0.416 e. The van der Waals surface area contributed by atoms with Gasteiger partial charge >= 0.3 is 6.18 Å². The van der Waals surface area contributed by atoms with Crippen molar-refractivity contribution >= 4 is 21.7 Å². The molecule has 1 heterocycles. The molecule has 0 bridgehead atoms. The van der Waals surface area contributed by atoms with Crippen molar-refractivity contribution in [3.8, 4) is 0 Å². The standard InChI is InChI=1S/C11H14BrF3N2O/c1-17(5-7-18-6-3-12)10-8-9(2-4-16-10)11(13,14)15/h2,4,8H,3,5-7H2,1H3. The SMILES string of the molecule is CN(CCOCCBr)c1cc(C(F)(F)F)ccn1. The lowest BCUT2D eigenvalue weighted by atomic mass is 10.2. The van der Waals surface area contributed by atoms with Gasteiger partial charge in [-0.2, -0.15) is 13.2 Å². The maximum absolute atomic E-state index is 12.5. The lowest BCUT2D eigenvalue weighted by Crippen LogP contribution is -2.24. The van der Waals surface area contributed by atoms with Crippen molar-refractivity contribution in [1.29, 1.82) is 0 Å². The molecule has 18 heavy (non-hydrogen) atoms. The number of alkyl halides is 4. The zero-order valence-electron chi connectivity index (χ0n) is 9.88. The second kappa shape index (κ2) is 6.94. The minimum atomic E-state index is -4.34. The van der Waals surface area contributed by atoms with Gasteiger partial charge in [-0.15, -0.1) is 0 Å². The predicted molar refractivity (Wildman–Crippen MR) is 67.1 cm³/mol. The van der Waals surface area contributed by atoms with Gasteiger partial charge in [0.2, 0.25) is 0 Å². The van der Waals surface area contributed by atoms with Crippen molar-refractivity contribution < 1.29 is 17.9 Å². The molecule has 3 nitrogen and oxygen atoms in total. The van der Waals surface area contributed by atoms with Crippen molar-refractivity contribution in [2.75, 3.05) is 37.0 Å². The number of nitrogens with zero attached hydrogens (tertiary/aromatic N) is 2. The number of anilines is 1. The van der Waals surface area contributed by atoms with E-state index in [4.69, 9.17) is 4.74 Å². The molecule has 0 radical (unpaired) electrons. The Balaban J connectivity index is 2.60. The molecule has 0 amide bonds. The Morgan fingerprint density at radius 2 is 2.11 bits per heavy atom. The molecule has 0 aliphatic rings. The summed E-state index contributed by atoms with van der Waals surface area (Å²) >= 11 is 3.22. The van der Waals surface area contributed by atoms with Crippen molar-refractivity contribution in [3.05, 3.63) is 23.9 Å². The van der Waals surface area contributed by atoms with Crippen molar-refractivity contribution in [2.24, 2.45) is 0 Å². The molecule has 102 valence electrons. The van der Waals surface area contributed by atoms with Crippen LogP contribution in [0, 0.1) is 0 Å². The van der Waals surface area contributed by atoms with Gasteiger partial charge in [0.1, 0.15) is 5.82 Å². The van der Waals surface area contributed by atoms with E-state index in [-0.39, 0.29) is 5.82 Å². The molecule has 0 atom stereocenters. The van der Waals surface area contributed by atoms with Crippen LogP contribution < -0.4 is 4.90 Å². The first-order valence-corrected chi connectivity index (χ1v) is 6.45. The van der Waals surface area contributed by atoms with Crippen LogP contribution in [-0.4, -0.2) is 37.1 Å². The van der Waals surface area contributed by atoms with Crippen LogP contribution in [0.15, 0.2) is 18.3 Å². The molecule has 1 rings (SSSR count). The van der Waals surface area contributed by atoms with Crippen LogP contribution in [0.25, 0.3) is 0 Å². The van der Waals surface area contributed by atoms with E-state index in [0.29, 0.717) is 19.8 Å². The van der Waals surface area contributed by atoms with E-state index in [9.17, 15) is 13.2 Å². The summed E-state index contributed by atoms with van der Waals surface area (Å²) in [6.45, 7) is 1.51. The van der Waals surface area contributed by atoms with Crippen molar-refractivity contribution in [3.63, 3.8) is 0 Å². The summed E-state index contributed by atoms with van der Waals surface area (Å²) in [6, 6.07) is 1.99. The molecule has 1 aromatic rings. The Kier molecular flexibility index (Phi) is 5.87. The number of hydrogen-bond acceptors (Lipinski definition) is 3. The van der Waals surface area contributed by atoms with Crippen molar-refractivity contribution in [2.45, 2.75) is 6.18 Å². The molecule has 7 heteroatoms. The summed E-state index contributed by atoms with van der Waals surface area (Å²) < 4.78 is 42.8. The molecule has 0 aromatic carbocycles. The zero-order valence-corrected chi connectivity index (χ0v) is 11.5. The molecular weight excluding hydrogens is 313 g/mol. The average Bonchev–Trinajstić information content (AvgIpc) is 2.33. The second-order valence-corrected chi connectivity index (χ2v) is 4.42. The number of pyridine rings is 1. The summed E-state index contributed by atoms with van der Waals surface area (Å²) in [5.41, 5.74) is -0.694. The molecule has 1 aromatic heterocycles. The zero-order chi connectivity index (χ0) is 13.6. The number of aromatic nitrogens is 1. The summed E-state index contributed by atoms with van der Waals surface area (Å²) in [7, 11) is 1.68. The molecule has 0 spiro atoms. The fraction of sp³-hybridized carbons (Fsp3) is 0.545. The van der Waals surface area contributed by atoms with Gasteiger partial charge in [-0.05, 0) is 12.1 Å². The van der Waals surface area contributed by atoms with Crippen LogP contribution in [0.4, 0.5) is 19.0 Å². The summed E-state index contributed by atoms with van der Waals surface area (Å²) in [6.07, 6.45) is -3.18. The topological polar surface area (TPSA) is 25.4 Å². The van der Waals surface area contributed by atoms with Gasteiger partial charge in [0, 0.05) is 25.1 Å². The minimum Gasteiger partial charge on any atom is -0.379 e. The minimum absolute atomic E-state index is 0.285. The Labute approximate surface area is 112 Å². The summed E-state index contributed by atoms with van der Waals surface area (Å²) in [5.74, 6) is 0.285. The van der Waals surface area contributed by atoms with Gasteiger partial charge in [-0.25, -0.2) is 4.98 Å².